The van der Waals surface area contributed by atoms with Crippen molar-refractivity contribution in [1.29, 1.82) is 0 Å². The van der Waals surface area contributed by atoms with Crippen molar-refractivity contribution in [2.45, 2.75) is 4.58 Å². The fourth-order valence-corrected chi connectivity index (χ4v) is 3.21. The van der Waals surface area contributed by atoms with Crippen LogP contribution in [0.3, 0.4) is 0 Å². The van der Waals surface area contributed by atoms with Crippen LogP contribution in [0.5, 0.6) is 0 Å². The molecule has 0 spiro atoms. The van der Waals surface area contributed by atoms with Gasteiger partial charge in [-0.05, 0) is 11.4 Å². The Morgan fingerprint density at radius 1 is 1.67 bits per heavy atom. The molecule has 0 aliphatic carbocycles. The Balaban J connectivity index is 1.80. The van der Waals surface area contributed by atoms with Gasteiger partial charge in [0.1, 0.15) is 0 Å². The lowest BCUT2D eigenvalue weighted by Crippen LogP contribution is -2.18. The molecule has 2 heterocycles. The molecule has 3 nitrogen and oxygen atoms in total. The predicted octanol–water partition coefficient (Wildman–Crippen LogP) is 0.442. The maximum absolute atomic E-state index is 5.26. The number of hydrogen-bond acceptors (Lipinski definition) is 4. The van der Waals surface area contributed by atoms with Crippen molar-refractivity contribution in [3.8, 4) is 0 Å². The normalized spacial score (nSPS) is 46.7. The Morgan fingerprint density at radius 2 is 2.56 bits per heavy atom. The van der Waals surface area contributed by atoms with Gasteiger partial charge in [-0.3, -0.25) is 0 Å². The molecule has 2 fully saturated rings. The summed E-state index contributed by atoms with van der Waals surface area (Å²) in [6, 6.07) is 0. The molecule has 0 bridgehead atoms. The second-order valence-corrected chi connectivity index (χ2v) is 5.21. The van der Waals surface area contributed by atoms with Crippen LogP contribution in [0.25, 0.3) is 0 Å². The van der Waals surface area contributed by atoms with Crippen LogP contribution in [0.1, 0.15) is 0 Å². The molecule has 1 N–H and O–H groups in total. The van der Waals surface area contributed by atoms with Gasteiger partial charge in [0.25, 0.3) is 0 Å². The Hall–Kier alpha value is 0.580. The average molecular weight is 167 g/mol. The zero-order valence-electron chi connectivity index (χ0n) is 4.87. The van der Waals surface area contributed by atoms with Crippen molar-refractivity contribution in [1.82, 2.24) is 4.89 Å². The van der Waals surface area contributed by atoms with Crippen molar-refractivity contribution in [3.63, 3.8) is 0 Å². The van der Waals surface area contributed by atoms with E-state index in [4.69, 9.17) is 9.02 Å². The van der Waals surface area contributed by atoms with Crippen molar-refractivity contribution in [3.05, 3.63) is 0 Å². The number of thioether (sulfide) groups is 1. The number of hydrogen-bond donors (Lipinski definition) is 2. The van der Waals surface area contributed by atoms with Crippen LogP contribution in [0.4, 0.5) is 0 Å². The molecule has 54 valence electrons. The Morgan fingerprint density at radius 3 is 3.11 bits per heavy atom. The summed E-state index contributed by atoms with van der Waals surface area (Å²) in [4.78, 5) is 2.87. The van der Waals surface area contributed by atoms with Gasteiger partial charge in [0.05, 0.1) is 17.8 Å². The first-order valence-electron chi connectivity index (χ1n) is 2.88. The molecule has 0 radical (unpaired) electrons. The average Bonchev–Trinajstić information content (AvgIpc) is 2.71. The third-order valence-electron chi connectivity index (χ3n) is 1.26. The summed E-state index contributed by atoms with van der Waals surface area (Å²) in [5, 5.41) is 0. The van der Waals surface area contributed by atoms with Crippen LogP contribution < -0.4 is 4.89 Å². The first-order valence-corrected chi connectivity index (χ1v) is 5.26. The van der Waals surface area contributed by atoms with Crippen LogP contribution >= 0.6 is 23.1 Å². The smallest absolute Gasteiger partial charge is 0.0928 e. The summed E-state index contributed by atoms with van der Waals surface area (Å²) < 4.78 is 10.8. The molecule has 0 aromatic rings. The second-order valence-electron chi connectivity index (χ2n) is 1.91. The van der Waals surface area contributed by atoms with E-state index in [1.54, 1.807) is 0 Å². The van der Waals surface area contributed by atoms with Crippen LogP contribution in [-0.4, -0.2) is 23.5 Å². The quantitative estimate of drug-likeness (QED) is 0.439. The lowest BCUT2D eigenvalue weighted by Gasteiger charge is -2.19. The van der Waals surface area contributed by atoms with Gasteiger partial charge in [0.2, 0.25) is 0 Å². The standard InChI is InChI=1S/C4H9NO2S2/c1-2-8-4(3-6-1)9-5-7-9/h4-5,9H,1-3H2. The highest BCUT2D eigenvalue weighted by Gasteiger charge is 2.30. The lowest BCUT2D eigenvalue weighted by atomic mass is 10.8. The van der Waals surface area contributed by atoms with Gasteiger partial charge < -0.3 is 4.74 Å². The molecule has 0 aromatic carbocycles. The van der Waals surface area contributed by atoms with E-state index < -0.39 is 0 Å². The van der Waals surface area contributed by atoms with E-state index in [0.717, 1.165) is 19.0 Å². The molecule has 9 heavy (non-hydrogen) atoms. The van der Waals surface area contributed by atoms with Crippen LogP contribution in [0.15, 0.2) is 0 Å². The van der Waals surface area contributed by atoms with E-state index in [1.165, 1.54) is 0 Å². The van der Waals surface area contributed by atoms with Crippen molar-refractivity contribution in [2.24, 2.45) is 0 Å². The van der Waals surface area contributed by atoms with E-state index >= 15 is 0 Å². The molecular weight excluding hydrogens is 158 g/mol. The fraction of sp³-hybridized carbons (Fsp3) is 1.00. The molecule has 0 saturated carbocycles. The highest BCUT2D eigenvalue weighted by Crippen LogP contribution is 2.46. The summed E-state index contributed by atoms with van der Waals surface area (Å²) in [6.45, 7) is 1.77. The Labute approximate surface area is 61.1 Å². The maximum atomic E-state index is 5.26. The van der Waals surface area contributed by atoms with E-state index in [1.807, 2.05) is 11.8 Å². The second kappa shape index (κ2) is 2.67. The third-order valence-corrected chi connectivity index (χ3v) is 4.27. The van der Waals surface area contributed by atoms with Gasteiger partial charge in [-0.15, -0.1) is 16.6 Å². The van der Waals surface area contributed by atoms with E-state index in [0.29, 0.717) is 4.58 Å². The largest absolute Gasteiger partial charge is 0.378 e. The summed E-state index contributed by atoms with van der Waals surface area (Å²) in [6.07, 6.45) is 0. The molecule has 5 heteroatoms. The zero-order chi connectivity index (χ0) is 6.10. The monoisotopic (exact) mass is 167 g/mol. The first-order chi connectivity index (χ1) is 4.47. The zero-order valence-corrected chi connectivity index (χ0v) is 6.58. The van der Waals surface area contributed by atoms with Crippen LogP contribution in [0.2, 0.25) is 0 Å². The van der Waals surface area contributed by atoms with Crippen molar-refractivity contribution < 1.29 is 9.02 Å². The van der Waals surface area contributed by atoms with Gasteiger partial charge in [-0.2, -0.15) is 0 Å². The third kappa shape index (κ3) is 1.53. The van der Waals surface area contributed by atoms with Gasteiger partial charge >= 0.3 is 0 Å². The molecular formula is C4H9NO2S2. The van der Waals surface area contributed by atoms with E-state index in [2.05, 4.69) is 4.89 Å². The molecule has 2 aliphatic heterocycles. The van der Waals surface area contributed by atoms with E-state index in [9.17, 15) is 0 Å². The number of rotatable bonds is 1. The minimum absolute atomic E-state index is 0.281. The number of nitrogens with one attached hydrogen (secondary N) is 1. The summed E-state index contributed by atoms with van der Waals surface area (Å²) in [7, 11) is 0. The highest BCUT2D eigenvalue weighted by molar-refractivity contribution is 8.26. The number of ether oxygens (including phenoxy) is 1. The van der Waals surface area contributed by atoms with Crippen molar-refractivity contribution >= 4 is 23.1 Å². The van der Waals surface area contributed by atoms with Crippen LogP contribution in [-0.2, 0) is 9.02 Å². The molecule has 2 unspecified atom stereocenters. The lowest BCUT2D eigenvalue weighted by molar-refractivity contribution is 0.156. The molecule has 0 aromatic heterocycles. The molecule has 2 aliphatic rings. The fourth-order valence-electron chi connectivity index (χ4n) is 0.752. The molecule has 2 saturated heterocycles. The summed E-state index contributed by atoms with van der Waals surface area (Å²) >= 11 is 1.67. The molecule has 0 amide bonds. The van der Waals surface area contributed by atoms with Gasteiger partial charge in [-0.25, -0.2) is 4.28 Å². The topological polar surface area (TPSA) is 43.7 Å². The minimum atomic E-state index is -0.281. The number of thiol groups is 1. The predicted molar refractivity (Wildman–Crippen MR) is 40.3 cm³/mol. The van der Waals surface area contributed by atoms with Crippen molar-refractivity contribution in [2.75, 3.05) is 19.0 Å². The molecule has 2 rings (SSSR count). The summed E-state index contributed by atoms with van der Waals surface area (Å²) in [5.41, 5.74) is 0. The highest BCUT2D eigenvalue weighted by atomic mass is 32.3. The van der Waals surface area contributed by atoms with Crippen LogP contribution in [0, 0.1) is 0 Å². The molecule has 2 atom stereocenters. The Kier molecular flexibility index (Phi) is 1.87. The van der Waals surface area contributed by atoms with Gasteiger partial charge in [0, 0.05) is 5.75 Å². The van der Waals surface area contributed by atoms with Gasteiger partial charge in [0.15, 0.2) is 0 Å². The SMILES string of the molecule is C1CSC([SH]2NO2)CO1. The Bertz CT molecular complexity index is 103. The van der Waals surface area contributed by atoms with E-state index in [-0.39, 0.29) is 11.4 Å². The minimum Gasteiger partial charge on any atom is -0.378 e. The summed E-state index contributed by atoms with van der Waals surface area (Å²) in [5.74, 6) is 1.12. The maximum Gasteiger partial charge on any atom is 0.0928 e. The first kappa shape index (κ1) is 6.30. The van der Waals surface area contributed by atoms with Gasteiger partial charge in [-0.1, -0.05) is 0 Å².